The first kappa shape index (κ1) is 27.9. The lowest BCUT2D eigenvalue weighted by Crippen LogP contribution is -2.43. The maximum atomic E-state index is 12.0. The number of ether oxygens (including phenoxy) is 3. The topological polar surface area (TPSA) is 141 Å². The SMILES string of the molecule is COc1cc2c(NCCCCNS(=O)(=O)NC(=O)OC(C)(C)C)ncnc2cc1OCc1ccccc1. The van der Waals surface area contributed by atoms with E-state index in [-0.39, 0.29) is 6.54 Å². The van der Waals surface area contributed by atoms with Crippen LogP contribution in [0.1, 0.15) is 39.2 Å². The number of anilines is 1. The van der Waals surface area contributed by atoms with Gasteiger partial charge in [-0.1, -0.05) is 30.3 Å². The minimum atomic E-state index is -4.00. The summed E-state index contributed by atoms with van der Waals surface area (Å²) < 4.78 is 44.5. The Morgan fingerprint density at radius 3 is 2.43 bits per heavy atom. The Morgan fingerprint density at radius 1 is 1.00 bits per heavy atom. The molecule has 2 aromatic carbocycles. The largest absolute Gasteiger partial charge is 0.493 e. The molecule has 1 aromatic heterocycles. The number of unbranched alkanes of at least 4 members (excludes halogenated alkanes) is 1. The molecule has 200 valence electrons. The molecule has 0 fully saturated rings. The highest BCUT2D eigenvalue weighted by molar-refractivity contribution is 7.88. The van der Waals surface area contributed by atoms with Gasteiger partial charge in [-0.15, -0.1) is 0 Å². The van der Waals surface area contributed by atoms with E-state index in [2.05, 4.69) is 20.0 Å². The van der Waals surface area contributed by atoms with Crippen molar-refractivity contribution in [2.75, 3.05) is 25.5 Å². The molecule has 3 aromatic rings. The Balaban J connectivity index is 1.51. The fourth-order valence-corrected chi connectivity index (χ4v) is 4.07. The second-order valence-corrected chi connectivity index (χ2v) is 10.7. The van der Waals surface area contributed by atoms with Gasteiger partial charge in [0.15, 0.2) is 11.5 Å². The Hall–Kier alpha value is -3.64. The molecule has 0 saturated carbocycles. The summed E-state index contributed by atoms with van der Waals surface area (Å²) in [5.74, 6) is 1.77. The number of nitrogens with zero attached hydrogens (tertiary/aromatic N) is 2. The number of hydrogen-bond acceptors (Lipinski definition) is 9. The molecule has 0 radical (unpaired) electrons. The summed E-state index contributed by atoms with van der Waals surface area (Å²) in [6, 6.07) is 13.5. The summed E-state index contributed by atoms with van der Waals surface area (Å²) in [6.45, 7) is 6.04. The van der Waals surface area contributed by atoms with Gasteiger partial charge in [0.1, 0.15) is 24.4 Å². The summed E-state index contributed by atoms with van der Waals surface area (Å²) >= 11 is 0. The number of aromatic nitrogens is 2. The fraction of sp³-hybridized carbons (Fsp3) is 0.400. The third-order valence-electron chi connectivity index (χ3n) is 4.96. The normalized spacial score (nSPS) is 11.7. The van der Waals surface area contributed by atoms with Gasteiger partial charge in [-0.3, -0.25) is 0 Å². The molecular weight excluding hydrogens is 498 g/mol. The van der Waals surface area contributed by atoms with Crippen molar-refractivity contribution in [3.8, 4) is 11.5 Å². The Labute approximate surface area is 217 Å². The predicted octanol–water partition coefficient (Wildman–Crippen LogP) is 3.77. The monoisotopic (exact) mass is 531 g/mol. The molecule has 0 aliphatic rings. The summed E-state index contributed by atoms with van der Waals surface area (Å²) in [7, 11) is -2.42. The second kappa shape index (κ2) is 12.5. The van der Waals surface area contributed by atoms with Crippen molar-refractivity contribution in [3.05, 3.63) is 54.4 Å². The maximum Gasteiger partial charge on any atom is 0.422 e. The lowest BCUT2D eigenvalue weighted by atomic mass is 10.2. The van der Waals surface area contributed by atoms with Crippen LogP contribution in [0.5, 0.6) is 11.5 Å². The first-order valence-corrected chi connectivity index (χ1v) is 13.3. The summed E-state index contributed by atoms with van der Waals surface area (Å²) in [5.41, 5.74) is 0.942. The fourth-order valence-electron chi connectivity index (χ4n) is 3.32. The van der Waals surface area contributed by atoms with Gasteiger partial charge in [0.25, 0.3) is 0 Å². The van der Waals surface area contributed by atoms with Crippen LogP contribution >= 0.6 is 0 Å². The molecule has 0 unspecified atom stereocenters. The molecule has 0 saturated heterocycles. The number of carbonyl (C=O) groups is 1. The van der Waals surface area contributed by atoms with Crippen molar-refractivity contribution in [1.82, 2.24) is 19.4 Å². The molecule has 0 atom stereocenters. The number of carbonyl (C=O) groups excluding carboxylic acids is 1. The van der Waals surface area contributed by atoms with Gasteiger partial charge in [0, 0.05) is 24.5 Å². The van der Waals surface area contributed by atoms with E-state index in [0.717, 1.165) is 10.9 Å². The van der Waals surface area contributed by atoms with E-state index in [1.165, 1.54) is 6.33 Å². The van der Waals surface area contributed by atoms with Gasteiger partial charge >= 0.3 is 16.3 Å². The van der Waals surface area contributed by atoms with E-state index >= 15 is 0 Å². The molecule has 12 heteroatoms. The van der Waals surface area contributed by atoms with Crippen molar-refractivity contribution in [3.63, 3.8) is 0 Å². The molecule has 11 nitrogen and oxygen atoms in total. The lowest BCUT2D eigenvalue weighted by molar-refractivity contribution is 0.0569. The lowest BCUT2D eigenvalue weighted by Gasteiger charge is -2.19. The highest BCUT2D eigenvalue weighted by Crippen LogP contribution is 2.34. The first-order valence-electron chi connectivity index (χ1n) is 11.8. The molecule has 3 rings (SSSR count). The van der Waals surface area contributed by atoms with Crippen LogP contribution in [0.3, 0.4) is 0 Å². The van der Waals surface area contributed by atoms with E-state index in [0.29, 0.717) is 48.8 Å². The van der Waals surface area contributed by atoms with Crippen LogP contribution in [-0.2, 0) is 21.6 Å². The van der Waals surface area contributed by atoms with E-state index in [1.54, 1.807) is 27.9 Å². The zero-order valence-corrected chi connectivity index (χ0v) is 22.2. The molecule has 37 heavy (non-hydrogen) atoms. The quantitative estimate of drug-likeness (QED) is 0.298. The van der Waals surface area contributed by atoms with E-state index < -0.39 is 21.9 Å². The summed E-state index contributed by atoms with van der Waals surface area (Å²) in [6.07, 6.45) is 1.62. The Bertz CT molecular complexity index is 1300. The van der Waals surface area contributed by atoms with Crippen molar-refractivity contribution >= 4 is 33.0 Å². The third-order valence-corrected chi connectivity index (χ3v) is 5.98. The van der Waals surface area contributed by atoms with Crippen LogP contribution in [-0.4, -0.2) is 50.3 Å². The number of hydrogen-bond donors (Lipinski definition) is 3. The van der Waals surface area contributed by atoms with E-state index in [9.17, 15) is 13.2 Å². The van der Waals surface area contributed by atoms with Gasteiger partial charge < -0.3 is 19.5 Å². The average Bonchev–Trinajstić information content (AvgIpc) is 2.83. The molecule has 0 bridgehead atoms. The molecule has 0 aliphatic heterocycles. The smallest absolute Gasteiger partial charge is 0.422 e. The average molecular weight is 532 g/mol. The molecule has 3 N–H and O–H groups in total. The zero-order valence-electron chi connectivity index (χ0n) is 21.4. The molecular formula is C25H33N5O6S. The number of nitrogens with one attached hydrogen (secondary N) is 3. The van der Waals surface area contributed by atoms with E-state index in [4.69, 9.17) is 14.2 Å². The molecule has 0 spiro atoms. The van der Waals surface area contributed by atoms with E-state index in [1.807, 2.05) is 47.2 Å². The van der Waals surface area contributed by atoms with Crippen molar-refractivity contribution < 1.29 is 27.4 Å². The molecule has 0 aliphatic carbocycles. The van der Waals surface area contributed by atoms with Gasteiger partial charge in [0.05, 0.1) is 12.6 Å². The number of methoxy groups -OCH3 is 1. The second-order valence-electron chi connectivity index (χ2n) is 9.15. The number of rotatable bonds is 12. The van der Waals surface area contributed by atoms with Gasteiger partial charge in [-0.05, 0) is 45.2 Å². The number of benzene rings is 2. The molecule has 1 amide bonds. The predicted molar refractivity (Wildman–Crippen MR) is 141 cm³/mol. The zero-order chi connectivity index (χ0) is 26.9. The van der Waals surface area contributed by atoms with Gasteiger partial charge in [0.2, 0.25) is 0 Å². The van der Waals surface area contributed by atoms with Crippen LogP contribution in [0.15, 0.2) is 48.8 Å². The van der Waals surface area contributed by atoms with Crippen LogP contribution in [0.25, 0.3) is 10.9 Å². The summed E-state index contributed by atoms with van der Waals surface area (Å²) in [4.78, 5) is 20.3. The standard InChI is InChI=1S/C25H33N5O6S/c1-25(2,3)36-24(31)30-37(32,33)29-13-9-8-12-26-23-19-14-21(34-4)22(15-20(19)27-17-28-23)35-16-18-10-6-5-7-11-18/h5-7,10-11,14-15,17,29H,8-9,12-13,16H2,1-4H3,(H,30,31)(H,26,27,28). The van der Waals surface area contributed by atoms with Crippen LogP contribution in [0.2, 0.25) is 0 Å². The highest BCUT2D eigenvalue weighted by atomic mass is 32.2. The van der Waals surface area contributed by atoms with Gasteiger partial charge in [-0.2, -0.15) is 13.1 Å². The number of fused-ring (bicyclic) bond motifs is 1. The van der Waals surface area contributed by atoms with Crippen molar-refractivity contribution in [2.45, 2.75) is 45.8 Å². The van der Waals surface area contributed by atoms with Crippen molar-refractivity contribution in [2.24, 2.45) is 0 Å². The number of amides is 1. The minimum Gasteiger partial charge on any atom is -0.493 e. The third kappa shape index (κ3) is 9.07. The maximum absolute atomic E-state index is 12.0. The minimum absolute atomic E-state index is 0.153. The summed E-state index contributed by atoms with van der Waals surface area (Å²) in [5, 5.41) is 4.03. The molecule has 1 heterocycles. The van der Waals surface area contributed by atoms with Crippen LogP contribution in [0, 0.1) is 0 Å². The van der Waals surface area contributed by atoms with Crippen LogP contribution in [0.4, 0.5) is 10.6 Å². The Morgan fingerprint density at radius 2 is 1.73 bits per heavy atom. The highest BCUT2D eigenvalue weighted by Gasteiger charge is 2.20. The Kier molecular flexibility index (Phi) is 9.48. The van der Waals surface area contributed by atoms with Crippen LogP contribution < -0.4 is 24.2 Å². The first-order chi connectivity index (χ1) is 17.6. The van der Waals surface area contributed by atoms with Crippen molar-refractivity contribution in [1.29, 1.82) is 0 Å². The van der Waals surface area contributed by atoms with Gasteiger partial charge in [-0.25, -0.2) is 19.5 Å².